The lowest BCUT2D eigenvalue weighted by atomic mass is 10.1. The number of carbonyl (C=O) groups excluding carboxylic acids is 3. The van der Waals surface area contributed by atoms with Gasteiger partial charge in [-0.05, 0) is 36.4 Å². The lowest BCUT2D eigenvalue weighted by Crippen LogP contribution is -2.30. The van der Waals surface area contributed by atoms with Gasteiger partial charge in [-0.3, -0.25) is 14.4 Å². The lowest BCUT2D eigenvalue weighted by molar-refractivity contribution is 0.0924. The first-order valence-corrected chi connectivity index (χ1v) is 13.9. The highest BCUT2D eigenvalue weighted by molar-refractivity contribution is 7.92. The van der Waals surface area contributed by atoms with Crippen LogP contribution >= 0.6 is 32.4 Å². The van der Waals surface area contributed by atoms with Gasteiger partial charge in [0.05, 0.1) is 11.1 Å². The van der Waals surface area contributed by atoms with Crippen LogP contribution in [0.1, 0.15) is 31.1 Å². The first-order chi connectivity index (χ1) is 16.5. The highest BCUT2D eigenvalue weighted by Crippen LogP contribution is 2.39. The minimum absolute atomic E-state index is 0.0153. The van der Waals surface area contributed by atoms with Crippen molar-refractivity contribution in [3.63, 3.8) is 0 Å². The van der Waals surface area contributed by atoms with Crippen molar-refractivity contribution in [1.29, 1.82) is 0 Å². The molecule has 180 valence electrons. The molecule has 8 nitrogen and oxygen atoms in total. The van der Waals surface area contributed by atoms with E-state index in [0.29, 0.717) is 21.2 Å². The Morgan fingerprint density at radius 3 is 2.40 bits per heavy atom. The molecule has 1 aromatic heterocycles. The topological polar surface area (TPSA) is 106 Å². The fourth-order valence-corrected chi connectivity index (χ4v) is 4.69. The van der Waals surface area contributed by atoms with Crippen molar-refractivity contribution in [2.45, 2.75) is 0 Å². The summed E-state index contributed by atoms with van der Waals surface area (Å²) in [6.07, 6.45) is 4.33. The number of rotatable bonds is 5. The molecule has 1 atom stereocenters. The number of fused-ring (bicyclic) bond motifs is 1. The Balaban J connectivity index is 1.81. The number of benzene rings is 2. The van der Waals surface area contributed by atoms with Gasteiger partial charge in [0, 0.05) is 55.2 Å². The molecule has 0 saturated heterocycles. The van der Waals surface area contributed by atoms with Crippen LogP contribution in [-0.4, -0.2) is 45.8 Å². The van der Waals surface area contributed by atoms with Gasteiger partial charge in [0.25, 0.3) is 17.7 Å². The van der Waals surface area contributed by atoms with Crippen LogP contribution in [0.5, 0.6) is 5.88 Å². The van der Waals surface area contributed by atoms with Crippen LogP contribution in [0.15, 0.2) is 53.0 Å². The lowest BCUT2D eigenvalue weighted by Gasteiger charge is -2.18. The third-order valence-corrected chi connectivity index (χ3v) is 6.29. The average Bonchev–Trinajstić information content (AvgIpc) is 3.03. The zero-order valence-corrected chi connectivity index (χ0v) is 21.9. The largest absolute Gasteiger partial charge is 0.472 e. The molecule has 2 heterocycles. The number of hydrogen-bond acceptors (Lipinski definition) is 6. The zero-order chi connectivity index (χ0) is 25.5. The molecular weight excluding hydrogens is 532 g/mol. The molecule has 0 radical (unpaired) electrons. The predicted octanol–water partition coefficient (Wildman–Crippen LogP) is 4.94. The molecule has 0 N–H and O–H groups in total. The highest BCUT2D eigenvalue weighted by Gasteiger charge is 2.39. The van der Waals surface area contributed by atoms with Gasteiger partial charge >= 0.3 is 0 Å². The fourth-order valence-electron chi connectivity index (χ4n) is 3.51. The summed E-state index contributed by atoms with van der Waals surface area (Å²) in [6, 6.07) is 10.5. The Morgan fingerprint density at radius 2 is 1.74 bits per heavy atom. The molecule has 0 spiro atoms. The van der Waals surface area contributed by atoms with Crippen LogP contribution in [0.25, 0.3) is 11.1 Å². The van der Waals surface area contributed by atoms with Crippen LogP contribution in [0.2, 0.25) is 10.0 Å². The van der Waals surface area contributed by atoms with Gasteiger partial charge in [-0.15, -0.1) is 0 Å². The fraction of sp³-hybridized carbons (Fsp3) is 0.130. The molecule has 3 amide bonds. The highest BCUT2D eigenvalue weighted by atomic mass is 35.5. The summed E-state index contributed by atoms with van der Waals surface area (Å²) < 4.78 is 21.1. The van der Waals surface area contributed by atoms with E-state index in [2.05, 4.69) is 18.6 Å². The number of anilines is 1. The number of carbonyl (C=O) groups is 3. The summed E-state index contributed by atoms with van der Waals surface area (Å²) >= 11 is 12.3. The van der Waals surface area contributed by atoms with Crippen LogP contribution in [0.3, 0.4) is 0 Å². The Morgan fingerprint density at radius 1 is 1.06 bits per heavy atom. The molecular formula is C23H18Cl2N3O5PS. The molecule has 1 aliphatic heterocycles. The summed E-state index contributed by atoms with van der Waals surface area (Å²) in [7, 11) is -0.319. The number of aromatic nitrogens is 1. The second-order valence-corrected chi connectivity index (χ2v) is 11.5. The standard InChI is InChI=1S/C23H18Cl2N3O5PS/c1-35(2,32)27-20(29)12-3-5-16-17(7-12)23(31)28(22(16)30)19-8-13(10-26-21(19)33-11-34)15-6-4-14(24)9-18(15)25/h3-10H,11,34H2,1-2H3. The van der Waals surface area contributed by atoms with Crippen molar-refractivity contribution in [2.24, 2.45) is 4.36 Å². The molecule has 3 aromatic rings. The molecule has 35 heavy (non-hydrogen) atoms. The number of ether oxygens (including phenoxy) is 1. The maximum atomic E-state index is 13.4. The van der Waals surface area contributed by atoms with E-state index in [-0.39, 0.29) is 34.6 Å². The van der Waals surface area contributed by atoms with E-state index in [1.807, 2.05) is 0 Å². The van der Waals surface area contributed by atoms with Crippen molar-refractivity contribution in [3.8, 4) is 17.0 Å². The van der Waals surface area contributed by atoms with Gasteiger partial charge in [0.15, 0.2) is 0 Å². The van der Waals surface area contributed by atoms with Crippen molar-refractivity contribution < 1.29 is 23.3 Å². The first-order valence-electron chi connectivity index (χ1n) is 10.0. The molecule has 0 saturated carbocycles. The molecule has 1 unspecified atom stereocenters. The predicted molar refractivity (Wildman–Crippen MR) is 139 cm³/mol. The van der Waals surface area contributed by atoms with Gasteiger partial charge in [-0.1, -0.05) is 38.5 Å². The van der Waals surface area contributed by atoms with Crippen LogP contribution in [-0.2, 0) is 9.73 Å². The van der Waals surface area contributed by atoms with E-state index in [9.17, 15) is 18.6 Å². The van der Waals surface area contributed by atoms with Crippen molar-refractivity contribution in [1.82, 2.24) is 4.98 Å². The normalized spacial score (nSPS) is 13.1. The van der Waals surface area contributed by atoms with Crippen LogP contribution in [0, 0.1) is 0 Å². The van der Waals surface area contributed by atoms with Gasteiger partial charge in [0.1, 0.15) is 12.0 Å². The van der Waals surface area contributed by atoms with Crippen molar-refractivity contribution >= 4 is 65.6 Å². The van der Waals surface area contributed by atoms with Gasteiger partial charge in [-0.2, -0.15) is 4.36 Å². The first kappa shape index (κ1) is 25.3. The number of halogens is 2. The molecule has 2 aromatic carbocycles. The third kappa shape index (κ3) is 5.09. The third-order valence-electron chi connectivity index (χ3n) is 4.97. The number of pyridine rings is 1. The van der Waals surface area contributed by atoms with Crippen molar-refractivity contribution in [2.75, 3.05) is 23.8 Å². The van der Waals surface area contributed by atoms with Gasteiger partial charge < -0.3 is 4.74 Å². The summed E-state index contributed by atoms with van der Waals surface area (Å²) in [5, 5.41) is 0.817. The van der Waals surface area contributed by atoms with E-state index < -0.39 is 27.5 Å². The van der Waals surface area contributed by atoms with E-state index in [4.69, 9.17) is 27.9 Å². The van der Waals surface area contributed by atoms with Gasteiger partial charge in [-0.25, -0.2) is 14.1 Å². The quantitative estimate of drug-likeness (QED) is 0.329. The Hall–Kier alpha value is -2.84. The molecule has 12 heteroatoms. The van der Waals surface area contributed by atoms with E-state index in [1.165, 1.54) is 36.9 Å². The molecule has 0 bridgehead atoms. The Labute approximate surface area is 214 Å². The summed E-state index contributed by atoms with van der Waals surface area (Å²) in [5.74, 6) is -1.95. The van der Waals surface area contributed by atoms with Crippen LogP contribution in [0.4, 0.5) is 5.69 Å². The average molecular weight is 550 g/mol. The molecule has 1 aliphatic rings. The minimum Gasteiger partial charge on any atom is -0.472 e. The van der Waals surface area contributed by atoms with Crippen LogP contribution < -0.4 is 9.64 Å². The second-order valence-electron chi connectivity index (χ2n) is 7.77. The van der Waals surface area contributed by atoms with E-state index in [0.717, 1.165) is 4.90 Å². The number of hydrogen-bond donors (Lipinski definition) is 0. The Kier molecular flexibility index (Phi) is 6.97. The minimum atomic E-state index is -2.70. The number of amides is 3. The van der Waals surface area contributed by atoms with E-state index >= 15 is 0 Å². The maximum absolute atomic E-state index is 13.4. The SMILES string of the molecule is CS(C)(=O)=NC(=O)c1ccc2c(c1)C(=O)N(c1cc(-c3ccc(Cl)cc3Cl)cnc1OCP)C2=O. The number of imide groups is 1. The zero-order valence-electron chi connectivity index (χ0n) is 18.5. The monoisotopic (exact) mass is 549 g/mol. The number of nitrogens with zero attached hydrogens (tertiary/aromatic N) is 3. The summed E-state index contributed by atoms with van der Waals surface area (Å²) in [4.78, 5) is 44.2. The summed E-state index contributed by atoms with van der Waals surface area (Å²) in [6.45, 7) is 0. The van der Waals surface area contributed by atoms with E-state index in [1.54, 1.807) is 24.3 Å². The smallest absolute Gasteiger partial charge is 0.285 e. The molecule has 4 rings (SSSR count). The molecule has 0 fully saturated rings. The Bertz CT molecular complexity index is 1530. The second kappa shape index (κ2) is 9.66. The maximum Gasteiger partial charge on any atom is 0.285 e. The van der Waals surface area contributed by atoms with Crippen molar-refractivity contribution in [3.05, 3.63) is 75.4 Å². The summed E-state index contributed by atoms with van der Waals surface area (Å²) in [5.41, 5.74) is 1.41. The molecule has 0 aliphatic carbocycles. The van der Waals surface area contributed by atoms with Gasteiger partial charge in [0.2, 0.25) is 5.88 Å².